The van der Waals surface area contributed by atoms with Gasteiger partial charge in [0.1, 0.15) is 23.3 Å². The summed E-state index contributed by atoms with van der Waals surface area (Å²) < 4.78 is 12.5. The first-order chi connectivity index (χ1) is 18.6. The van der Waals surface area contributed by atoms with Crippen molar-refractivity contribution < 1.29 is 14.1 Å². The van der Waals surface area contributed by atoms with Crippen LogP contribution in [-0.2, 0) is 0 Å². The van der Waals surface area contributed by atoms with Gasteiger partial charge in [-0.05, 0) is 86.4 Å². The molecule has 1 saturated heterocycles. The second-order valence-electron chi connectivity index (χ2n) is 9.52. The molecule has 0 bridgehead atoms. The third-order valence-corrected chi connectivity index (χ3v) is 7.39. The molecule has 192 valence electrons. The number of nitrogens with zero attached hydrogens (tertiary/aromatic N) is 3. The number of anilines is 1. The average molecular weight is 527 g/mol. The molecule has 0 amide bonds. The number of nitrogens with one attached hydrogen (secondary N) is 1. The number of aromatic nitrogens is 1. The number of thiocarbonyl (C=S) groups is 1. The number of nitro groups is 1. The van der Waals surface area contributed by atoms with E-state index in [1.807, 2.05) is 59.5 Å². The molecule has 3 heterocycles. The zero-order chi connectivity index (χ0) is 26.1. The van der Waals surface area contributed by atoms with Crippen molar-refractivity contribution in [2.45, 2.75) is 43.9 Å². The van der Waals surface area contributed by atoms with Gasteiger partial charge in [-0.1, -0.05) is 18.2 Å². The Morgan fingerprint density at radius 2 is 1.84 bits per heavy atom. The van der Waals surface area contributed by atoms with E-state index in [4.69, 9.17) is 21.4 Å². The van der Waals surface area contributed by atoms with Crippen molar-refractivity contribution in [2.75, 3.05) is 4.90 Å². The first kappa shape index (κ1) is 24.1. The fourth-order valence-electron chi connectivity index (χ4n) is 5.25. The van der Waals surface area contributed by atoms with Gasteiger partial charge in [0.25, 0.3) is 5.69 Å². The van der Waals surface area contributed by atoms with Crippen molar-refractivity contribution >= 4 is 28.7 Å². The summed E-state index contributed by atoms with van der Waals surface area (Å²) in [4.78, 5) is 17.5. The minimum Gasteiger partial charge on any atom is -0.490 e. The number of ether oxygens (including phenoxy) is 1. The number of rotatable bonds is 7. The Morgan fingerprint density at radius 1 is 1.03 bits per heavy atom. The Hall–Kier alpha value is -4.24. The lowest BCUT2D eigenvalue weighted by molar-refractivity contribution is -0.384. The molecule has 38 heavy (non-hydrogen) atoms. The highest BCUT2D eigenvalue weighted by molar-refractivity contribution is 7.80. The zero-order valence-corrected chi connectivity index (χ0v) is 21.3. The smallest absolute Gasteiger partial charge is 0.270 e. The second-order valence-corrected chi connectivity index (χ2v) is 9.91. The summed E-state index contributed by atoms with van der Waals surface area (Å²) >= 11 is 5.81. The molecule has 2 aromatic carbocycles. The summed E-state index contributed by atoms with van der Waals surface area (Å²) in [5.41, 5.74) is 2.38. The van der Waals surface area contributed by atoms with E-state index >= 15 is 0 Å². The van der Waals surface area contributed by atoms with Gasteiger partial charge in [-0.2, -0.15) is 0 Å². The van der Waals surface area contributed by atoms with Crippen molar-refractivity contribution in [3.63, 3.8) is 0 Å². The van der Waals surface area contributed by atoms with E-state index in [1.165, 1.54) is 25.0 Å². The summed E-state index contributed by atoms with van der Waals surface area (Å²) in [7, 11) is 0. The maximum absolute atomic E-state index is 11.3. The van der Waals surface area contributed by atoms with E-state index in [0.717, 1.165) is 30.0 Å². The van der Waals surface area contributed by atoms with Gasteiger partial charge in [-0.25, -0.2) is 0 Å². The SMILES string of the molecule is O=[N+]([O-])c1cccc(-c2ccc([C@H]3[C@@H](c4ccccn4)NC(=S)N3c3ccc(OC4CCCC4)cc3)o2)c1. The molecule has 1 saturated carbocycles. The maximum atomic E-state index is 11.3. The molecular formula is C29H26N4O4S. The van der Waals surface area contributed by atoms with Crippen LogP contribution in [0, 0.1) is 10.1 Å². The summed E-state index contributed by atoms with van der Waals surface area (Å²) in [6, 6.07) is 23.3. The van der Waals surface area contributed by atoms with Crippen molar-refractivity contribution in [1.29, 1.82) is 0 Å². The summed E-state index contributed by atoms with van der Waals surface area (Å²) in [6.07, 6.45) is 6.67. The molecule has 1 aliphatic heterocycles. The molecule has 8 nitrogen and oxygen atoms in total. The van der Waals surface area contributed by atoms with E-state index in [2.05, 4.69) is 10.3 Å². The van der Waals surface area contributed by atoms with E-state index in [-0.39, 0.29) is 23.9 Å². The number of hydrogen-bond donors (Lipinski definition) is 1. The fraction of sp³-hybridized carbons (Fsp3) is 0.241. The first-order valence-corrected chi connectivity index (χ1v) is 13.1. The molecule has 0 unspecified atom stereocenters. The molecule has 0 radical (unpaired) electrons. The summed E-state index contributed by atoms with van der Waals surface area (Å²) in [6.45, 7) is 0. The molecule has 4 aromatic rings. The predicted octanol–water partition coefficient (Wildman–Crippen LogP) is 6.75. The minimum absolute atomic E-state index is 0.0112. The average Bonchev–Trinajstić information content (AvgIpc) is 3.70. The van der Waals surface area contributed by atoms with Gasteiger partial charge in [0.05, 0.1) is 22.8 Å². The van der Waals surface area contributed by atoms with Crippen LogP contribution in [0.4, 0.5) is 11.4 Å². The highest BCUT2D eigenvalue weighted by Gasteiger charge is 2.42. The third kappa shape index (κ3) is 4.72. The van der Waals surface area contributed by atoms with E-state index < -0.39 is 4.92 Å². The van der Waals surface area contributed by atoms with Gasteiger partial charge in [-0.3, -0.25) is 15.1 Å². The molecule has 6 rings (SSSR count). The molecule has 2 fully saturated rings. The Labute approximate surface area is 225 Å². The van der Waals surface area contributed by atoms with Crippen LogP contribution in [0.15, 0.2) is 89.5 Å². The highest BCUT2D eigenvalue weighted by atomic mass is 32.1. The molecule has 1 N–H and O–H groups in total. The number of pyridine rings is 1. The van der Waals surface area contributed by atoms with Crippen molar-refractivity contribution in [3.05, 3.63) is 107 Å². The number of hydrogen-bond acceptors (Lipinski definition) is 6. The Kier molecular flexibility index (Phi) is 6.51. The van der Waals surface area contributed by atoms with Gasteiger partial charge in [0, 0.05) is 29.6 Å². The number of nitro benzene ring substituents is 1. The van der Waals surface area contributed by atoms with Crippen LogP contribution < -0.4 is 15.0 Å². The standard InChI is InChI=1S/C29H26N4O4S/c34-33(35)21-7-5-6-19(18-21)25-15-16-26(37-25)28-27(24-10-3-4-17-30-24)31-29(38)32(28)20-11-13-23(14-12-20)36-22-8-1-2-9-22/h3-7,10-18,22,27-28H,1-2,8-9H2,(H,31,38)/t27-,28+/m1/s1. The maximum Gasteiger partial charge on any atom is 0.270 e. The number of furan rings is 1. The molecule has 1 aliphatic carbocycles. The Balaban J connectivity index is 1.35. The van der Waals surface area contributed by atoms with Crippen molar-refractivity contribution in [1.82, 2.24) is 10.3 Å². The monoisotopic (exact) mass is 526 g/mol. The lowest BCUT2D eigenvalue weighted by atomic mass is 10.0. The van der Waals surface area contributed by atoms with Crippen LogP contribution in [-0.4, -0.2) is 21.1 Å². The molecule has 2 aromatic heterocycles. The predicted molar refractivity (Wildman–Crippen MR) is 148 cm³/mol. The normalized spacial score (nSPS) is 19.5. The fourth-order valence-corrected chi connectivity index (χ4v) is 5.59. The lowest BCUT2D eigenvalue weighted by Crippen LogP contribution is -2.29. The first-order valence-electron chi connectivity index (χ1n) is 12.7. The van der Waals surface area contributed by atoms with Gasteiger partial charge >= 0.3 is 0 Å². The van der Waals surface area contributed by atoms with E-state index in [0.29, 0.717) is 22.2 Å². The Bertz CT molecular complexity index is 1450. The van der Waals surface area contributed by atoms with Gasteiger partial charge in [0.2, 0.25) is 0 Å². The highest BCUT2D eigenvalue weighted by Crippen LogP contribution is 2.43. The molecule has 2 atom stereocenters. The van der Waals surface area contributed by atoms with Gasteiger partial charge in [-0.15, -0.1) is 0 Å². The van der Waals surface area contributed by atoms with E-state index in [9.17, 15) is 10.1 Å². The van der Waals surface area contributed by atoms with Crippen LogP contribution in [0.1, 0.15) is 49.2 Å². The third-order valence-electron chi connectivity index (χ3n) is 7.08. The van der Waals surface area contributed by atoms with Crippen molar-refractivity contribution in [2.24, 2.45) is 0 Å². The van der Waals surface area contributed by atoms with Gasteiger partial charge < -0.3 is 19.4 Å². The largest absolute Gasteiger partial charge is 0.490 e. The molecule has 2 aliphatic rings. The Morgan fingerprint density at radius 3 is 2.58 bits per heavy atom. The van der Waals surface area contributed by atoms with Crippen LogP contribution in [0.2, 0.25) is 0 Å². The topological polar surface area (TPSA) is 93.7 Å². The molecule has 9 heteroatoms. The molecular weight excluding hydrogens is 500 g/mol. The summed E-state index contributed by atoms with van der Waals surface area (Å²) in [5.74, 6) is 2.06. The second kappa shape index (κ2) is 10.3. The van der Waals surface area contributed by atoms with Crippen LogP contribution in [0.25, 0.3) is 11.3 Å². The number of benzene rings is 2. The lowest BCUT2D eigenvalue weighted by Gasteiger charge is -2.26. The van der Waals surface area contributed by atoms with Crippen LogP contribution >= 0.6 is 12.2 Å². The van der Waals surface area contributed by atoms with E-state index in [1.54, 1.807) is 18.3 Å². The number of non-ortho nitro benzene ring substituents is 1. The summed E-state index contributed by atoms with van der Waals surface area (Å²) in [5, 5.41) is 15.3. The van der Waals surface area contributed by atoms with Crippen LogP contribution in [0.5, 0.6) is 5.75 Å². The van der Waals surface area contributed by atoms with Gasteiger partial charge in [0.15, 0.2) is 5.11 Å². The molecule has 0 spiro atoms. The quantitative estimate of drug-likeness (QED) is 0.161. The van der Waals surface area contributed by atoms with Crippen LogP contribution in [0.3, 0.4) is 0 Å². The minimum atomic E-state index is -0.411. The van der Waals surface area contributed by atoms with Crippen molar-refractivity contribution in [3.8, 4) is 17.1 Å². The zero-order valence-electron chi connectivity index (χ0n) is 20.5.